The lowest BCUT2D eigenvalue weighted by atomic mass is 9.92. The van der Waals surface area contributed by atoms with Crippen molar-refractivity contribution in [1.29, 1.82) is 0 Å². The van der Waals surface area contributed by atoms with Crippen molar-refractivity contribution >= 4 is 18.3 Å². The number of rotatable bonds is 5. The van der Waals surface area contributed by atoms with Crippen molar-refractivity contribution in [3.05, 3.63) is 0 Å². The molecule has 2 N–H and O–H groups in total. The molecule has 1 aliphatic heterocycles. The molecule has 0 radical (unpaired) electrons. The highest BCUT2D eigenvalue weighted by atomic mass is 35.5. The molecule has 5 nitrogen and oxygen atoms in total. The van der Waals surface area contributed by atoms with Crippen molar-refractivity contribution in [2.75, 3.05) is 26.2 Å². The number of nitrogens with two attached hydrogens (primary N) is 1. The quantitative estimate of drug-likeness (QED) is 0.824. The molecule has 1 heterocycles. The van der Waals surface area contributed by atoms with E-state index in [0.717, 1.165) is 6.42 Å². The molecule has 0 bridgehead atoms. The van der Waals surface area contributed by atoms with Gasteiger partial charge in [-0.05, 0) is 18.9 Å². The van der Waals surface area contributed by atoms with E-state index in [1.54, 1.807) is 4.90 Å². The molecule has 2 aliphatic rings. The molecule has 1 saturated heterocycles. The molecular formula is C12H20ClF3N2O3. The zero-order valence-corrected chi connectivity index (χ0v) is 12.3. The molecule has 1 aliphatic carbocycles. The summed E-state index contributed by atoms with van der Waals surface area (Å²) in [4.78, 5) is 13.5. The summed E-state index contributed by atoms with van der Waals surface area (Å²) >= 11 is 0. The fourth-order valence-corrected chi connectivity index (χ4v) is 2.47. The van der Waals surface area contributed by atoms with Gasteiger partial charge >= 0.3 is 6.36 Å². The van der Waals surface area contributed by atoms with Crippen LogP contribution in [-0.2, 0) is 14.3 Å². The second-order valence-corrected chi connectivity index (χ2v) is 5.32. The molecule has 124 valence electrons. The van der Waals surface area contributed by atoms with Crippen LogP contribution in [0.4, 0.5) is 13.2 Å². The number of nitrogens with zero attached hydrogens (tertiary/aromatic N) is 1. The van der Waals surface area contributed by atoms with E-state index in [2.05, 4.69) is 4.74 Å². The van der Waals surface area contributed by atoms with E-state index >= 15 is 0 Å². The van der Waals surface area contributed by atoms with Crippen LogP contribution < -0.4 is 5.73 Å². The van der Waals surface area contributed by atoms with Gasteiger partial charge in [0.25, 0.3) is 0 Å². The van der Waals surface area contributed by atoms with E-state index in [-0.39, 0.29) is 43.9 Å². The lowest BCUT2D eigenvalue weighted by Crippen LogP contribution is -2.42. The van der Waals surface area contributed by atoms with Crippen molar-refractivity contribution in [3.8, 4) is 0 Å². The smallest absolute Gasteiger partial charge is 0.368 e. The summed E-state index contributed by atoms with van der Waals surface area (Å²) in [5.41, 5.74) is 5.54. The van der Waals surface area contributed by atoms with Gasteiger partial charge in [0.15, 0.2) is 0 Å². The number of halogens is 4. The Hall–Kier alpha value is -0.570. The van der Waals surface area contributed by atoms with E-state index in [9.17, 15) is 18.0 Å². The van der Waals surface area contributed by atoms with Gasteiger partial charge < -0.3 is 15.4 Å². The summed E-state index contributed by atoms with van der Waals surface area (Å²) in [5.74, 6) is 0.216. The Morgan fingerprint density at radius 2 is 1.95 bits per heavy atom. The standard InChI is InChI=1S/C12H19F3N2O3.ClH/c13-12(14,15)20-10-3-9(4-10)19-7-11(18)17-2-1-8(5-16)6-17;/h8-10H,1-7,16H2;1H. The Balaban J connectivity index is 0.00000220. The molecular weight excluding hydrogens is 313 g/mol. The van der Waals surface area contributed by atoms with Crippen LogP contribution in [0.25, 0.3) is 0 Å². The summed E-state index contributed by atoms with van der Waals surface area (Å²) in [5, 5.41) is 0. The number of alkyl halides is 3. The minimum Gasteiger partial charge on any atom is -0.368 e. The third-order valence-electron chi connectivity index (χ3n) is 3.77. The average Bonchev–Trinajstić information content (AvgIpc) is 2.78. The minimum absolute atomic E-state index is 0. The van der Waals surface area contributed by atoms with Crippen LogP contribution in [0.2, 0.25) is 0 Å². The molecule has 0 aromatic rings. The van der Waals surface area contributed by atoms with Gasteiger partial charge in [0.05, 0.1) is 12.2 Å². The van der Waals surface area contributed by atoms with Gasteiger partial charge in [-0.1, -0.05) is 0 Å². The minimum atomic E-state index is -4.60. The van der Waals surface area contributed by atoms with Crippen molar-refractivity contribution in [3.63, 3.8) is 0 Å². The number of carbonyl (C=O) groups is 1. The monoisotopic (exact) mass is 332 g/mol. The average molecular weight is 333 g/mol. The molecule has 1 unspecified atom stereocenters. The van der Waals surface area contributed by atoms with Crippen LogP contribution in [0.15, 0.2) is 0 Å². The summed E-state index contributed by atoms with van der Waals surface area (Å²) in [6.07, 6.45) is -4.51. The molecule has 21 heavy (non-hydrogen) atoms. The zero-order chi connectivity index (χ0) is 14.8. The zero-order valence-electron chi connectivity index (χ0n) is 11.5. The lowest BCUT2D eigenvalue weighted by molar-refractivity contribution is -0.357. The highest BCUT2D eigenvalue weighted by Crippen LogP contribution is 2.32. The maximum Gasteiger partial charge on any atom is 0.522 e. The predicted molar refractivity (Wildman–Crippen MR) is 70.9 cm³/mol. The van der Waals surface area contributed by atoms with Gasteiger partial charge in [-0.15, -0.1) is 25.6 Å². The Kier molecular flexibility index (Phi) is 6.71. The van der Waals surface area contributed by atoms with E-state index in [0.29, 0.717) is 25.6 Å². The number of amides is 1. The lowest BCUT2D eigenvalue weighted by Gasteiger charge is -2.35. The molecule has 0 spiro atoms. The second-order valence-electron chi connectivity index (χ2n) is 5.32. The Morgan fingerprint density at radius 3 is 2.48 bits per heavy atom. The maximum atomic E-state index is 11.9. The Bertz CT molecular complexity index is 351. The Morgan fingerprint density at radius 1 is 1.29 bits per heavy atom. The normalized spacial score (nSPS) is 29.0. The summed E-state index contributed by atoms with van der Waals surface area (Å²) in [6, 6.07) is 0. The SMILES string of the molecule is Cl.NCC1CCN(C(=O)COC2CC(OC(F)(F)F)C2)C1. The summed E-state index contributed by atoms with van der Waals surface area (Å²) < 4.78 is 44.9. The molecule has 2 fully saturated rings. The molecule has 2 rings (SSSR count). The van der Waals surface area contributed by atoms with Crippen LogP contribution in [0.3, 0.4) is 0 Å². The van der Waals surface area contributed by atoms with E-state index in [1.165, 1.54) is 0 Å². The maximum absolute atomic E-state index is 11.9. The first-order valence-electron chi connectivity index (χ1n) is 6.71. The third-order valence-corrected chi connectivity index (χ3v) is 3.77. The van der Waals surface area contributed by atoms with Crippen LogP contribution in [0.5, 0.6) is 0 Å². The van der Waals surface area contributed by atoms with Crippen LogP contribution >= 0.6 is 12.4 Å². The van der Waals surface area contributed by atoms with E-state index < -0.39 is 12.5 Å². The topological polar surface area (TPSA) is 64.8 Å². The fourth-order valence-electron chi connectivity index (χ4n) is 2.47. The first kappa shape index (κ1) is 18.5. The Labute approximate surface area is 127 Å². The largest absolute Gasteiger partial charge is 0.522 e. The summed E-state index contributed by atoms with van der Waals surface area (Å²) in [6.45, 7) is 1.79. The first-order chi connectivity index (χ1) is 9.37. The highest BCUT2D eigenvalue weighted by Gasteiger charge is 2.41. The fraction of sp³-hybridized carbons (Fsp3) is 0.917. The number of likely N-dealkylation sites (tertiary alicyclic amines) is 1. The predicted octanol–water partition coefficient (Wildman–Crippen LogP) is 1.30. The van der Waals surface area contributed by atoms with Crippen LogP contribution in [0, 0.1) is 5.92 Å². The number of ether oxygens (including phenoxy) is 2. The number of hydrogen-bond acceptors (Lipinski definition) is 4. The molecule has 1 atom stereocenters. The van der Waals surface area contributed by atoms with Gasteiger partial charge in [-0.2, -0.15) is 0 Å². The number of carbonyl (C=O) groups excluding carboxylic acids is 1. The van der Waals surface area contributed by atoms with Crippen molar-refractivity contribution < 1.29 is 27.4 Å². The van der Waals surface area contributed by atoms with Crippen LogP contribution in [0.1, 0.15) is 19.3 Å². The third kappa shape index (κ3) is 5.61. The molecule has 0 aromatic carbocycles. The summed E-state index contributed by atoms with van der Waals surface area (Å²) in [7, 11) is 0. The highest BCUT2D eigenvalue weighted by molar-refractivity contribution is 5.85. The second kappa shape index (κ2) is 7.62. The molecule has 0 aromatic heterocycles. The molecule has 9 heteroatoms. The van der Waals surface area contributed by atoms with Gasteiger partial charge in [-0.3, -0.25) is 9.53 Å². The van der Waals surface area contributed by atoms with Gasteiger partial charge in [-0.25, -0.2) is 0 Å². The van der Waals surface area contributed by atoms with E-state index in [1.807, 2.05) is 0 Å². The van der Waals surface area contributed by atoms with Gasteiger partial charge in [0.2, 0.25) is 5.91 Å². The van der Waals surface area contributed by atoms with Gasteiger partial charge in [0.1, 0.15) is 6.61 Å². The van der Waals surface area contributed by atoms with Crippen molar-refractivity contribution in [2.24, 2.45) is 11.7 Å². The van der Waals surface area contributed by atoms with Gasteiger partial charge in [0, 0.05) is 25.9 Å². The van der Waals surface area contributed by atoms with E-state index in [4.69, 9.17) is 10.5 Å². The van der Waals surface area contributed by atoms with Crippen LogP contribution in [-0.4, -0.2) is 55.6 Å². The van der Waals surface area contributed by atoms with Crippen molar-refractivity contribution in [1.82, 2.24) is 4.90 Å². The van der Waals surface area contributed by atoms with Crippen molar-refractivity contribution in [2.45, 2.75) is 37.8 Å². The molecule has 1 saturated carbocycles. The number of hydrogen-bond donors (Lipinski definition) is 1. The first-order valence-corrected chi connectivity index (χ1v) is 6.71. The molecule has 1 amide bonds.